The zero-order chi connectivity index (χ0) is 16.9. The highest BCUT2D eigenvalue weighted by atomic mass is 16.5. The number of aliphatic hydroxyl groups excluding tert-OH is 1. The van der Waals surface area contributed by atoms with Crippen molar-refractivity contribution < 1.29 is 9.84 Å². The molecule has 4 unspecified atom stereocenters. The van der Waals surface area contributed by atoms with E-state index in [-0.39, 0.29) is 12.1 Å². The van der Waals surface area contributed by atoms with E-state index in [2.05, 4.69) is 45.1 Å². The van der Waals surface area contributed by atoms with Crippen LogP contribution in [0.4, 0.5) is 0 Å². The van der Waals surface area contributed by atoms with Gasteiger partial charge in [0.2, 0.25) is 0 Å². The zero-order valence-corrected chi connectivity index (χ0v) is 15.1. The van der Waals surface area contributed by atoms with Crippen LogP contribution in [0.2, 0.25) is 0 Å². The lowest BCUT2D eigenvalue weighted by atomic mass is 9.71. The van der Waals surface area contributed by atoms with E-state index >= 15 is 0 Å². The minimum absolute atomic E-state index is 0.236. The SMILES string of the molecule is CC1CC(OCC(O)CNC(C)c2ccccc2)CC(C)(C)C1. The van der Waals surface area contributed by atoms with Crippen molar-refractivity contribution in [3.63, 3.8) is 0 Å². The van der Waals surface area contributed by atoms with Gasteiger partial charge in [-0.2, -0.15) is 0 Å². The van der Waals surface area contributed by atoms with E-state index in [1.807, 2.05) is 18.2 Å². The molecule has 0 radical (unpaired) electrons. The van der Waals surface area contributed by atoms with Gasteiger partial charge in [0.25, 0.3) is 0 Å². The van der Waals surface area contributed by atoms with E-state index in [0.717, 1.165) is 12.8 Å². The van der Waals surface area contributed by atoms with Crippen LogP contribution in [0.3, 0.4) is 0 Å². The number of nitrogens with one attached hydrogen (secondary N) is 1. The highest BCUT2D eigenvalue weighted by molar-refractivity contribution is 5.17. The third kappa shape index (κ3) is 6.25. The number of aliphatic hydroxyl groups is 1. The first-order valence-electron chi connectivity index (χ1n) is 8.94. The monoisotopic (exact) mass is 319 g/mol. The van der Waals surface area contributed by atoms with E-state index in [0.29, 0.717) is 24.5 Å². The Labute approximate surface area is 141 Å². The van der Waals surface area contributed by atoms with E-state index in [1.165, 1.54) is 12.0 Å². The molecule has 0 aromatic heterocycles. The molecule has 4 atom stereocenters. The summed E-state index contributed by atoms with van der Waals surface area (Å²) in [5.74, 6) is 0.706. The van der Waals surface area contributed by atoms with Gasteiger partial charge in [-0.05, 0) is 43.1 Å². The Morgan fingerprint density at radius 3 is 2.61 bits per heavy atom. The van der Waals surface area contributed by atoms with E-state index in [9.17, 15) is 5.11 Å². The molecule has 0 aliphatic heterocycles. The molecule has 0 saturated heterocycles. The third-order valence-corrected chi connectivity index (χ3v) is 4.83. The summed E-state index contributed by atoms with van der Waals surface area (Å²) in [5.41, 5.74) is 1.59. The van der Waals surface area contributed by atoms with Crippen LogP contribution in [0.15, 0.2) is 30.3 Å². The maximum absolute atomic E-state index is 10.2. The lowest BCUT2D eigenvalue weighted by Crippen LogP contribution is -2.37. The van der Waals surface area contributed by atoms with Crippen molar-refractivity contribution in [3.05, 3.63) is 35.9 Å². The fourth-order valence-corrected chi connectivity index (χ4v) is 3.86. The third-order valence-electron chi connectivity index (χ3n) is 4.83. The van der Waals surface area contributed by atoms with Crippen LogP contribution in [0.1, 0.15) is 58.6 Å². The molecule has 1 saturated carbocycles. The molecule has 2 rings (SSSR count). The Hall–Kier alpha value is -0.900. The fourth-order valence-electron chi connectivity index (χ4n) is 3.86. The quantitative estimate of drug-likeness (QED) is 0.800. The van der Waals surface area contributed by atoms with Crippen LogP contribution in [0, 0.1) is 11.3 Å². The minimum Gasteiger partial charge on any atom is -0.389 e. The van der Waals surface area contributed by atoms with Crippen LogP contribution in [-0.2, 0) is 4.74 Å². The van der Waals surface area contributed by atoms with Gasteiger partial charge in [0, 0.05) is 12.6 Å². The molecular formula is C20H33NO2. The number of hydrogen-bond donors (Lipinski definition) is 2. The van der Waals surface area contributed by atoms with Crippen molar-refractivity contribution in [2.45, 2.75) is 65.2 Å². The van der Waals surface area contributed by atoms with Gasteiger partial charge in [-0.15, -0.1) is 0 Å². The second-order valence-electron chi connectivity index (χ2n) is 8.06. The molecule has 0 amide bonds. The van der Waals surface area contributed by atoms with Gasteiger partial charge in [-0.1, -0.05) is 51.1 Å². The largest absolute Gasteiger partial charge is 0.389 e. The van der Waals surface area contributed by atoms with Crippen molar-refractivity contribution >= 4 is 0 Å². The summed E-state index contributed by atoms with van der Waals surface area (Å²) in [6.45, 7) is 10.0. The summed E-state index contributed by atoms with van der Waals surface area (Å²) in [7, 11) is 0. The van der Waals surface area contributed by atoms with E-state index in [1.54, 1.807) is 0 Å². The molecule has 23 heavy (non-hydrogen) atoms. The average Bonchev–Trinajstić information content (AvgIpc) is 2.49. The second-order valence-corrected chi connectivity index (χ2v) is 8.06. The lowest BCUT2D eigenvalue weighted by molar-refractivity contribution is -0.0553. The topological polar surface area (TPSA) is 41.5 Å². The van der Waals surface area contributed by atoms with Gasteiger partial charge in [0.1, 0.15) is 0 Å². The van der Waals surface area contributed by atoms with Gasteiger partial charge < -0.3 is 15.2 Å². The van der Waals surface area contributed by atoms with E-state index < -0.39 is 6.10 Å². The summed E-state index contributed by atoms with van der Waals surface area (Å²) < 4.78 is 6.00. The van der Waals surface area contributed by atoms with Gasteiger partial charge in [0.05, 0.1) is 18.8 Å². The lowest BCUT2D eigenvalue weighted by Gasteiger charge is -2.39. The van der Waals surface area contributed by atoms with Gasteiger partial charge in [-0.3, -0.25) is 0 Å². The number of ether oxygens (including phenoxy) is 1. The molecule has 0 heterocycles. The molecule has 0 spiro atoms. The average molecular weight is 319 g/mol. The Kier molecular flexibility index (Phi) is 6.63. The van der Waals surface area contributed by atoms with Gasteiger partial charge >= 0.3 is 0 Å². The molecule has 3 heteroatoms. The molecule has 130 valence electrons. The summed E-state index contributed by atoms with van der Waals surface area (Å²) in [6.07, 6.45) is 3.31. The smallest absolute Gasteiger partial charge is 0.0898 e. The van der Waals surface area contributed by atoms with Crippen molar-refractivity contribution in [2.75, 3.05) is 13.2 Å². The van der Waals surface area contributed by atoms with E-state index in [4.69, 9.17) is 4.74 Å². The Morgan fingerprint density at radius 1 is 1.26 bits per heavy atom. The number of benzene rings is 1. The standard InChI is InChI=1S/C20H33NO2/c1-15-10-19(12-20(3,4)11-15)23-14-18(22)13-21-16(2)17-8-6-5-7-9-17/h5-9,15-16,18-19,21-22H,10-14H2,1-4H3. The first kappa shape index (κ1) is 18.4. The molecule has 1 aliphatic rings. The predicted molar refractivity (Wildman–Crippen MR) is 95.4 cm³/mol. The zero-order valence-electron chi connectivity index (χ0n) is 15.1. The fraction of sp³-hybridized carbons (Fsp3) is 0.700. The minimum atomic E-state index is -0.457. The molecule has 1 aromatic rings. The van der Waals surface area contributed by atoms with Crippen LogP contribution < -0.4 is 5.32 Å². The molecule has 0 bridgehead atoms. The maximum atomic E-state index is 10.2. The molecular weight excluding hydrogens is 286 g/mol. The van der Waals surface area contributed by atoms with Crippen molar-refractivity contribution in [3.8, 4) is 0 Å². The van der Waals surface area contributed by atoms with Crippen molar-refractivity contribution in [1.82, 2.24) is 5.32 Å². The van der Waals surface area contributed by atoms with Crippen LogP contribution >= 0.6 is 0 Å². The Bertz CT molecular complexity index is 460. The van der Waals surface area contributed by atoms with Gasteiger partial charge in [-0.25, -0.2) is 0 Å². The normalized spacial score (nSPS) is 26.7. The van der Waals surface area contributed by atoms with Crippen LogP contribution in [0.5, 0.6) is 0 Å². The summed E-state index contributed by atoms with van der Waals surface area (Å²) in [6, 6.07) is 10.5. The first-order valence-corrected chi connectivity index (χ1v) is 8.94. The Balaban J connectivity index is 1.70. The molecule has 1 fully saturated rings. The van der Waals surface area contributed by atoms with Crippen LogP contribution in [0.25, 0.3) is 0 Å². The van der Waals surface area contributed by atoms with Crippen molar-refractivity contribution in [1.29, 1.82) is 0 Å². The predicted octanol–water partition coefficient (Wildman–Crippen LogP) is 3.93. The highest BCUT2D eigenvalue weighted by Crippen LogP contribution is 2.39. The molecule has 2 N–H and O–H groups in total. The first-order chi connectivity index (χ1) is 10.9. The maximum Gasteiger partial charge on any atom is 0.0898 e. The van der Waals surface area contributed by atoms with Gasteiger partial charge in [0.15, 0.2) is 0 Å². The number of rotatable bonds is 7. The number of hydrogen-bond acceptors (Lipinski definition) is 3. The molecule has 1 aliphatic carbocycles. The van der Waals surface area contributed by atoms with Crippen molar-refractivity contribution in [2.24, 2.45) is 11.3 Å². The molecule has 1 aromatic carbocycles. The second kappa shape index (κ2) is 8.27. The summed E-state index contributed by atoms with van der Waals surface area (Å²) in [5, 5.41) is 13.6. The molecule has 3 nitrogen and oxygen atoms in total. The van der Waals surface area contributed by atoms with Crippen LogP contribution in [-0.4, -0.2) is 30.5 Å². The summed E-state index contributed by atoms with van der Waals surface area (Å²) in [4.78, 5) is 0. The Morgan fingerprint density at radius 2 is 1.96 bits per heavy atom. The highest BCUT2D eigenvalue weighted by Gasteiger charge is 2.32. The summed E-state index contributed by atoms with van der Waals surface area (Å²) >= 11 is 0.